The van der Waals surface area contributed by atoms with Crippen LogP contribution in [0.2, 0.25) is 0 Å². The van der Waals surface area contributed by atoms with Gasteiger partial charge < -0.3 is 25.0 Å². The average molecular weight is 530 g/mol. The Hall–Kier alpha value is -1.39. The third-order valence-electron chi connectivity index (χ3n) is 5.21. The first-order valence-corrected chi connectivity index (χ1v) is 10.9. The first-order chi connectivity index (χ1) is 14.3. The van der Waals surface area contributed by atoms with E-state index in [4.69, 9.17) is 9.47 Å². The number of anilines is 1. The van der Waals surface area contributed by atoms with E-state index in [1.54, 1.807) is 0 Å². The molecular formula is C22H35IN4O3. The van der Waals surface area contributed by atoms with Gasteiger partial charge in [0.2, 0.25) is 5.91 Å². The molecule has 1 saturated heterocycles. The summed E-state index contributed by atoms with van der Waals surface area (Å²) in [4.78, 5) is 19.1. The average Bonchev–Trinajstić information content (AvgIpc) is 3.27. The minimum Gasteiger partial charge on any atom is -0.379 e. The van der Waals surface area contributed by atoms with Crippen LogP contribution < -0.4 is 15.5 Å². The molecule has 2 N–H and O–H groups in total. The number of para-hydroxylation sites is 1. The number of amides is 1. The molecule has 1 fully saturated rings. The minimum atomic E-state index is 0. The van der Waals surface area contributed by atoms with Gasteiger partial charge in [0.15, 0.2) is 5.96 Å². The van der Waals surface area contributed by atoms with Crippen LogP contribution in [0.3, 0.4) is 0 Å². The molecule has 3 rings (SSSR count). The third-order valence-corrected chi connectivity index (χ3v) is 5.21. The topological polar surface area (TPSA) is 75.2 Å². The molecule has 0 saturated carbocycles. The second-order valence-electron chi connectivity index (χ2n) is 7.46. The highest BCUT2D eigenvalue weighted by molar-refractivity contribution is 14.0. The zero-order valence-corrected chi connectivity index (χ0v) is 20.2. The van der Waals surface area contributed by atoms with Gasteiger partial charge >= 0.3 is 0 Å². The van der Waals surface area contributed by atoms with Gasteiger partial charge in [-0.2, -0.15) is 0 Å². The first kappa shape index (κ1) is 24.9. The van der Waals surface area contributed by atoms with Crippen molar-refractivity contribution in [2.45, 2.75) is 45.1 Å². The largest absolute Gasteiger partial charge is 0.379 e. The van der Waals surface area contributed by atoms with Crippen molar-refractivity contribution < 1.29 is 14.3 Å². The SMILES string of the molecule is CCNC(=NCC(=O)N1CCCc2ccccc21)NCCCOCC1CCCO1.I. The normalized spacial score (nSPS) is 18.5. The van der Waals surface area contributed by atoms with Crippen LogP contribution in [0.1, 0.15) is 38.2 Å². The monoisotopic (exact) mass is 530 g/mol. The second kappa shape index (κ2) is 13.8. The number of nitrogens with one attached hydrogen (secondary N) is 2. The van der Waals surface area contributed by atoms with Gasteiger partial charge in [-0.15, -0.1) is 24.0 Å². The molecule has 7 nitrogen and oxygen atoms in total. The van der Waals surface area contributed by atoms with Crippen LogP contribution in [0.15, 0.2) is 29.3 Å². The second-order valence-corrected chi connectivity index (χ2v) is 7.46. The number of hydrogen-bond donors (Lipinski definition) is 2. The molecule has 8 heteroatoms. The number of fused-ring (bicyclic) bond motifs is 1. The highest BCUT2D eigenvalue weighted by atomic mass is 127. The number of carbonyl (C=O) groups is 1. The molecule has 1 atom stereocenters. The molecule has 0 aliphatic carbocycles. The molecule has 1 aromatic rings. The number of aryl methyl sites for hydroxylation is 1. The standard InChI is InChI=1S/C22H34N4O3.HI/c1-2-23-22(24-12-7-14-28-17-19-10-6-15-29-19)25-16-21(27)26-13-5-9-18-8-3-4-11-20(18)26;/h3-4,8,11,19H,2,5-7,9-10,12-17H2,1H3,(H2,23,24,25);1H. The number of halogens is 1. The van der Waals surface area contributed by atoms with Gasteiger partial charge in [0.1, 0.15) is 6.54 Å². The summed E-state index contributed by atoms with van der Waals surface area (Å²) in [6.45, 7) is 6.65. The zero-order valence-electron chi connectivity index (χ0n) is 17.9. The minimum absolute atomic E-state index is 0. The molecule has 0 radical (unpaired) electrons. The zero-order chi connectivity index (χ0) is 20.3. The Balaban J connectivity index is 0.00000320. The van der Waals surface area contributed by atoms with Gasteiger partial charge in [0, 0.05) is 38.5 Å². The van der Waals surface area contributed by atoms with Gasteiger partial charge in [-0.3, -0.25) is 4.79 Å². The molecule has 2 aliphatic heterocycles. The summed E-state index contributed by atoms with van der Waals surface area (Å²) < 4.78 is 11.2. The molecule has 0 spiro atoms. The fourth-order valence-corrected chi connectivity index (χ4v) is 3.74. The maximum absolute atomic E-state index is 12.7. The summed E-state index contributed by atoms with van der Waals surface area (Å²) in [5.41, 5.74) is 2.27. The van der Waals surface area contributed by atoms with E-state index in [9.17, 15) is 4.79 Å². The third kappa shape index (κ3) is 7.70. The van der Waals surface area contributed by atoms with Crippen molar-refractivity contribution in [3.63, 3.8) is 0 Å². The molecule has 1 amide bonds. The van der Waals surface area contributed by atoms with Crippen LogP contribution in [0, 0.1) is 0 Å². The van der Waals surface area contributed by atoms with Crippen LogP contribution in [-0.2, 0) is 20.7 Å². The Kier molecular flexibility index (Phi) is 11.5. The van der Waals surface area contributed by atoms with Crippen molar-refractivity contribution in [1.29, 1.82) is 0 Å². The van der Waals surface area contributed by atoms with Gasteiger partial charge in [-0.25, -0.2) is 4.99 Å². The Morgan fingerprint density at radius 1 is 1.30 bits per heavy atom. The quantitative estimate of drug-likeness (QED) is 0.222. The van der Waals surface area contributed by atoms with E-state index in [1.165, 1.54) is 5.56 Å². The van der Waals surface area contributed by atoms with Crippen molar-refractivity contribution in [3.8, 4) is 0 Å². The first-order valence-electron chi connectivity index (χ1n) is 10.9. The predicted octanol–water partition coefficient (Wildman–Crippen LogP) is 2.72. The van der Waals surface area contributed by atoms with Crippen molar-refractivity contribution in [1.82, 2.24) is 10.6 Å². The van der Waals surface area contributed by atoms with Gasteiger partial charge in [0.25, 0.3) is 0 Å². The highest BCUT2D eigenvalue weighted by Gasteiger charge is 2.21. The lowest BCUT2D eigenvalue weighted by molar-refractivity contribution is -0.117. The Bertz CT molecular complexity index is 680. The summed E-state index contributed by atoms with van der Waals surface area (Å²) in [6.07, 6.45) is 5.42. The smallest absolute Gasteiger partial charge is 0.248 e. The number of ether oxygens (including phenoxy) is 2. The molecular weight excluding hydrogens is 495 g/mol. The Labute approximate surface area is 197 Å². The van der Waals surface area contributed by atoms with E-state index < -0.39 is 0 Å². The van der Waals surface area contributed by atoms with E-state index in [0.29, 0.717) is 19.2 Å². The van der Waals surface area contributed by atoms with E-state index in [-0.39, 0.29) is 42.5 Å². The van der Waals surface area contributed by atoms with Crippen LogP contribution in [-0.4, -0.2) is 64.0 Å². The summed E-state index contributed by atoms with van der Waals surface area (Å²) in [5, 5.41) is 6.49. The summed E-state index contributed by atoms with van der Waals surface area (Å²) in [5.74, 6) is 0.708. The number of aliphatic imine (C=N–C) groups is 1. The van der Waals surface area contributed by atoms with Crippen LogP contribution in [0.5, 0.6) is 0 Å². The van der Waals surface area contributed by atoms with Crippen molar-refractivity contribution in [3.05, 3.63) is 29.8 Å². The molecule has 1 aromatic carbocycles. The fourth-order valence-electron chi connectivity index (χ4n) is 3.74. The Morgan fingerprint density at radius 2 is 2.17 bits per heavy atom. The molecule has 168 valence electrons. The van der Waals surface area contributed by atoms with E-state index in [0.717, 1.165) is 64.0 Å². The summed E-state index contributed by atoms with van der Waals surface area (Å²) >= 11 is 0. The number of rotatable bonds is 9. The maximum atomic E-state index is 12.7. The molecule has 2 heterocycles. The van der Waals surface area contributed by atoms with Crippen molar-refractivity contribution in [2.75, 3.05) is 50.9 Å². The van der Waals surface area contributed by atoms with Crippen LogP contribution in [0.25, 0.3) is 0 Å². The molecule has 0 bridgehead atoms. The van der Waals surface area contributed by atoms with E-state index in [2.05, 4.69) is 21.7 Å². The predicted molar refractivity (Wildman–Crippen MR) is 131 cm³/mol. The van der Waals surface area contributed by atoms with Crippen molar-refractivity contribution >= 4 is 41.5 Å². The molecule has 1 unspecified atom stereocenters. The molecule has 0 aromatic heterocycles. The molecule has 2 aliphatic rings. The van der Waals surface area contributed by atoms with Gasteiger partial charge in [0.05, 0.1) is 12.7 Å². The van der Waals surface area contributed by atoms with E-state index in [1.807, 2.05) is 30.0 Å². The Morgan fingerprint density at radius 3 is 2.97 bits per heavy atom. The molecule has 30 heavy (non-hydrogen) atoms. The lowest BCUT2D eigenvalue weighted by atomic mass is 10.0. The van der Waals surface area contributed by atoms with Crippen LogP contribution in [0.4, 0.5) is 5.69 Å². The lowest BCUT2D eigenvalue weighted by Gasteiger charge is -2.29. The van der Waals surface area contributed by atoms with Crippen LogP contribution >= 0.6 is 24.0 Å². The number of guanidine groups is 1. The number of benzene rings is 1. The van der Waals surface area contributed by atoms with Gasteiger partial charge in [-0.1, -0.05) is 18.2 Å². The number of hydrogen-bond acceptors (Lipinski definition) is 4. The maximum Gasteiger partial charge on any atom is 0.248 e. The van der Waals surface area contributed by atoms with Gasteiger partial charge in [-0.05, 0) is 50.7 Å². The summed E-state index contributed by atoms with van der Waals surface area (Å²) in [6, 6.07) is 8.14. The fraction of sp³-hybridized carbons (Fsp3) is 0.636. The highest BCUT2D eigenvalue weighted by Crippen LogP contribution is 2.26. The van der Waals surface area contributed by atoms with E-state index >= 15 is 0 Å². The lowest BCUT2D eigenvalue weighted by Crippen LogP contribution is -2.41. The number of nitrogens with zero attached hydrogens (tertiary/aromatic N) is 2. The number of carbonyl (C=O) groups excluding carboxylic acids is 1. The summed E-state index contributed by atoms with van der Waals surface area (Å²) in [7, 11) is 0. The van der Waals surface area contributed by atoms with Crippen molar-refractivity contribution in [2.24, 2.45) is 4.99 Å².